The van der Waals surface area contributed by atoms with Crippen molar-refractivity contribution in [2.45, 2.75) is 25.3 Å². The summed E-state index contributed by atoms with van der Waals surface area (Å²) in [4.78, 5) is 5.10. The number of aliphatic hydroxyl groups is 1. The third-order valence-electron chi connectivity index (χ3n) is 4.18. The molecule has 0 bridgehead atoms. The Morgan fingerprint density at radius 2 is 2.12 bits per heavy atom. The topological polar surface area (TPSA) is 35.9 Å². The third kappa shape index (κ3) is 3.65. The second-order valence-electron chi connectivity index (χ2n) is 5.42. The molecule has 2 aliphatic heterocycles. The quantitative estimate of drug-likeness (QED) is 0.757. The maximum atomic E-state index is 9.20. The largest absolute Gasteiger partial charge is 0.396 e. The number of piperidine rings is 1. The molecule has 4 heteroatoms. The Morgan fingerprint density at radius 1 is 1.24 bits per heavy atom. The number of methoxy groups -OCH3 is 1. The van der Waals surface area contributed by atoms with E-state index in [1.807, 2.05) is 0 Å². The zero-order valence-corrected chi connectivity index (χ0v) is 11.0. The summed E-state index contributed by atoms with van der Waals surface area (Å²) in [6.45, 7) is 6.93. The lowest BCUT2D eigenvalue weighted by Crippen LogP contribution is -2.48. The summed E-state index contributed by atoms with van der Waals surface area (Å²) in [5.41, 5.74) is 0. The van der Waals surface area contributed by atoms with Gasteiger partial charge >= 0.3 is 0 Å². The molecule has 0 saturated carbocycles. The summed E-state index contributed by atoms with van der Waals surface area (Å²) < 4.78 is 5.15. The SMILES string of the molecule is COCCN1CCCC(N2CCC(CO)C2)C1. The highest BCUT2D eigenvalue weighted by Crippen LogP contribution is 2.23. The van der Waals surface area contributed by atoms with E-state index >= 15 is 0 Å². The Morgan fingerprint density at radius 3 is 2.82 bits per heavy atom. The average Bonchev–Trinajstić information content (AvgIpc) is 2.85. The van der Waals surface area contributed by atoms with E-state index in [1.165, 1.54) is 38.9 Å². The van der Waals surface area contributed by atoms with Crippen molar-refractivity contribution in [3.8, 4) is 0 Å². The van der Waals surface area contributed by atoms with Crippen LogP contribution in [0.15, 0.2) is 0 Å². The zero-order valence-electron chi connectivity index (χ0n) is 11.0. The standard InChI is InChI=1S/C13H26N2O2/c1-17-8-7-14-5-2-3-13(10-14)15-6-4-12(9-15)11-16/h12-13,16H,2-11H2,1H3. The summed E-state index contributed by atoms with van der Waals surface area (Å²) >= 11 is 0. The van der Waals surface area contributed by atoms with Gasteiger partial charge in [0.25, 0.3) is 0 Å². The van der Waals surface area contributed by atoms with Crippen LogP contribution in [0.4, 0.5) is 0 Å². The molecule has 17 heavy (non-hydrogen) atoms. The highest BCUT2D eigenvalue weighted by Gasteiger charge is 2.30. The van der Waals surface area contributed by atoms with Crippen molar-refractivity contribution in [3.63, 3.8) is 0 Å². The molecule has 1 N–H and O–H groups in total. The van der Waals surface area contributed by atoms with Crippen LogP contribution in [0.3, 0.4) is 0 Å². The van der Waals surface area contributed by atoms with Gasteiger partial charge in [0.05, 0.1) is 6.61 Å². The number of rotatable bonds is 5. The fourth-order valence-corrected chi connectivity index (χ4v) is 3.10. The van der Waals surface area contributed by atoms with Crippen LogP contribution in [-0.2, 0) is 4.74 Å². The average molecular weight is 242 g/mol. The Kier molecular flexibility index (Phi) is 5.22. The van der Waals surface area contributed by atoms with Crippen LogP contribution in [0.1, 0.15) is 19.3 Å². The first kappa shape index (κ1) is 13.3. The molecule has 0 aromatic rings. The number of nitrogens with zero attached hydrogens (tertiary/aromatic N) is 2. The minimum Gasteiger partial charge on any atom is -0.396 e. The Labute approximate surface area is 105 Å². The number of likely N-dealkylation sites (tertiary alicyclic amines) is 2. The summed E-state index contributed by atoms with van der Waals surface area (Å²) in [6, 6.07) is 0.706. The highest BCUT2D eigenvalue weighted by atomic mass is 16.5. The van der Waals surface area contributed by atoms with Crippen molar-refractivity contribution in [1.29, 1.82) is 0 Å². The smallest absolute Gasteiger partial charge is 0.0589 e. The Bertz CT molecular complexity index is 225. The van der Waals surface area contributed by atoms with Gasteiger partial charge in [0.1, 0.15) is 0 Å². The fraction of sp³-hybridized carbons (Fsp3) is 1.00. The highest BCUT2D eigenvalue weighted by molar-refractivity contribution is 4.85. The van der Waals surface area contributed by atoms with Gasteiger partial charge < -0.3 is 9.84 Å². The van der Waals surface area contributed by atoms with Gasteiger partial charge in [-0.1, -0.05) is 0 Å². The summed E-state index contributed by atoms with van der Waals surface area (Å²) in [5.74, 6) is 0.518. The number of hydrogen-bond acceptors (Lipinski definition) is 4. The molecule has 0 radical (unpaired) electrons. The normalized spacial score (nSPS) is 32.1. The molecule has 2 rings (SSSR count). The number of aliphatic hydroxyl groups excluding tert-OH is 1. The molecule has 0 aromatic carbocycles. The predicted octanol–water partition coefficient (Wildman–Crippen LogP) is 0.411. The first-order valence-electron chi connectivity index (χ1n) is 6.89. The molecule has 2 saturated heterocycles. The van der Waals surface area contributed by atoms with Gasteiger partial charge in [0.15, 0.2) is 0 Å². The fourth-order valence-electron chi connectivity index (χ4n) is 3.10. The Balaban J connectivity index is 1.77. The number of hydrogen-bond donors (Lipinski definition) is 1. The maximum absolute atomic E-state index is 9.20. The van der Waals surface area contributed by atoms with E-state index in [0.29, 0.717) is 18.6 Å². The van der Waals surface area contributed by atoms with Gasteiger partial charge in [0.2, 0.25) is 0 Å². The molecular weight excluding hydrogens is 216 g/mol. The summed E-state index contributed by atoms with van der Waals surface area (Å²) in [5, 5.41) is 9.20. The van der Waals surface area contributed by atoms with E-state index in [9.17, 15) is 5.11 Å². The lowest BCUT2D eigenvalue weighted by Gasteiger charge is -2.37. The van der Waals surface area contributed by atoms with Crippen molar-refractivity contribution >= 4 is 0 Å². The van der Waals surface area contributed by atoms with Crippen LogP contribution in [0.25, 0.3) is 0 Å². The predicted molar refractivity (Wildman–Crippen MR) is 68.1 cm³/mol. The van der Waals surface area contributed by atoms with Gasteiger partial charge in [0, 0.05) is 39.4 Å². The van der Waals surface area contributed by atoms with Gasteiger partial charge in [-0.25, -0.2) is 0 Å². The van der Waals surface area contributed by atoms with E-state index in [4.69, 9.17) is 4.74 Å². The van der Waals surface area contributed by atoms with E-state index < -0.39 is 0 Å². The molecule has 0 aliphatic carbocycles. The molecule has 2 heterocycles. The lowest BCUT2D eigenvalue weighted by molar-refractivity contribution is 0.0835. The minimum atomic E-state index is 0.358. The second kappa shape index (κ2) is 6.69. The number of ether oxygens (including phenoxy) is 1. The van der Waals surface area contributed by atoms with Crippen LogP contribution in [-0.4, -0.2) is 74.0 Å². The maximum Gasteiger partial charge on any atom is 0.0589 e. The van der Waals surface area contributed by atoms with Crippen molar-refractivity contribution in [3.05, 3.63) is 0 Å². The summed E-state index contributed by atoms with van der Waals surface area (Å²) in [6.07, 6.45) is 3.79. The summed E-state index contributed by atoms with van der Waals surface area (Å²) in [7, 11) is 1.77. The third-order valence-corrected chi connectivity index (χ3v) is 4.18. The van der Waals surface area contributed by atoms with Crippen molar-refractivity contribution in [1.82, 2.24) is 9.80 Å². The van der Waals surface area contributed by atoms with E-state index in [2.05, 4.69) is 9.80 Å². The first-order chi connectivity index (χ1) is 8.33. The molecule has 2 atom stereocenters. The van der Waals surface area contributed by atoms with Crippen molar-refractivity contribution in [2.75, 3.05) is 53.0 Å². The molecule has 2 unspecified atom stereocenters. The van der Waals surface area contributed by atoms with E-state index in [1.54, 1.807) is 7.11 Å². The minimum absolute atomic E-state index is 0.358. The first-order valence-corrected chi connectivity index (χ1v) is 6.89. The van der Waals surface area contributed by atoms with Crippen LogP contribution >= 0.6 is 0 Å². The van der Waals surface area contributed by atoms with Crippen LogP contribution in [0, 0.1) is 5.92 Å². The van der Waals surface area contributed by atoms with Gasteiger partial charge in [-0.2, -0.15) is 0 Å². The second-order valence-corrected chi connectivity index (χ2v) is 5.42. The van der Waals surface area contributed by atoms with E-state index in [0.717, 1.165) is 19.7 Å². The van der Waals surface area contributed by atoms with Crippen LogP contribution in [0.2, 0.25) is 0 Å². The molecular formula is C13H26N2O2. The van der Waals surface area contributed by atoms with Gasteiger partial charge in [-0.3, -0.25) is 9.80 Å². The van der Waals surface area contributed by atoms with Gasteiger partial charge in [-0.05, 0) is 38.3 Å². The zero-order chi connectivity index (χ0) is 12.1. The molecule has 0 aromatic heterocycles. The van der Waals surface area contributed by atoms with Crippen LogP contribution in [0.5, 0.6) is 0 Å². The molecule has 2 fully saturated rings. The molecule has 0 spiro atoms. The van der Waals surface area contributed by atoms with Gasteiger partial charge in [-0.15, -0.1) is 0 Å². The van der Waals surface area contributed by atoms with Crippen molar-refractivity contribution in [2.24, 2.45) is 5.92 Å². The Hall–Kier alpha value is -0.160. The molecule has 100 valence electrons. The lowest BCUT2D eigenvalue weighted by atomic mass is 10.0. The molecule has 2 aliphatic rings. The monoisotopic (exact) mass is 242 g/mol. The van der Waals surface area contributed by atoms with Crippen molar-refractivity contribution < 1.29 is 9.84 Å². The molecule has 0 amide bonds. The van der Waals surface area contributed by atoms with Crippen LogP contribution < -0.4 is 0 Å². The molecule has 4 nitrogen and oxygen atoms in total. The van der Waals surface area contributed by atoms with E-state index in [-0.39, 0.29) is 0 Å².